The molecule has 0 aliphatic rings. The van der Waals surface area contributed by atoms with Gasteiger partial charge in [-0.2, -0.15) is 5.10 Å². The van der Waals surface area contributed by atoms with E-state index in [1.165, 1.54) is 0 Å². The highest BCUT2D eigenvalue weighted by Gasteiger charge is 2.19. The van der Waals surface area contributed by atoms with E-state index in [1.807, 2.05) is 67.6 Å². The highest BCUT2D eigenvalue weighted by atomic mass is 32.1. The van der Waals surface area contributed by atoms with Crippen LogP contribution in [0.1, 0.15) is 34.4 Å². The molecule has 1 atom stereocenters. The third kappa shape index (κ3) is 5.40. The number of aryl methyl sites for hydroxylation is 2. The monoisotopic (exact) mass is 383 g/mol. The SMILES string of the molecule is Cc1cc(C[C@@H](C)NC(=O)N(Cc2ccccc2)Cc2scnc2C)n[nH]1. The Balaban J connectivity index is 1.68. The number of thiazole rings is 1. The summed E-state index contributed by atoms with van der Waals surface area (Å²) in [5.41, 5.74) is 5.88. The third-order valence-corrected chi connectivity index (χ3v) is 5.25. The molecule has 6 nitrogen and oxygen atoms in total. The second-order valence-electron chi connectivity index (χ2n) is 6.80. The van der Waals surface area contributed by atoms with Crippen LogP contribution in [0.25, 0.3) is 0 Å². The van der Waals surface area contributed by atoms with Gasteiger partial charge in [0.1, 0.15) is 0 Å². The Morgan fingerprint density at radius 2 is 2.04 bits per heavy atom. The Morgan fingerprint density at radius 1 is 1.26 bits per heavy atom. The molecule has 27 heavy (non-hydrogen) atoms. The molecule has 2 heterocycles. The second kappa shape index (κ2) is 8.81. The zero-order valence-electron chi connectivity index (χ0n) is 15.9. The maximum absolute atomic E-state index is 13.0. The largest absolute Gasteiger partial charge is 0.335 e. The number of aromatic nitrogens is 3. The molecule has 0 unspecified atom stereocenters. The van der Waals surface area contributed by atoms with Gasteiger partial charge in [-0.25, -0.2) is 9.78 Å². The van der Waals surface area contributed by atoms with Crippen molar-refractivity contribution in [3.05, 3.63) is 69.4 Å². The number of hydrogen-bond acceptors (Lipinski definition) is 4. The van der Waals surface area contributed by atoms with Crippen LogP contribution in [0.15, 0.2) is 41.9 Å². The number of carbonyl (C=O) groups is 1. The Hall–Kier alpha value is -2.67. The average Bonchev–Trinajstić information content (AvgIpc) is 3.23. The summed E-state index contributed by atoms with van der Waals surface area (Å²) < 4.78 is 0. The molecule has 0 spiro atoms. The molecule has 142 valence electrons. The summed E-state index contributed by atoms with van der Waals surface area (Å²) in [4.78, 5) is 20.2. The maximum Gasteiger partial charge on any atom is 0.318 e. The summed E-state index contributed by atoms with van der Waals surface area (Å²) in [5, 5.41) is 10.3. The minimum atomic E-state index is -0.0774. The van der Waals surface area contributed by atoms with Crippen LogP contribution in [0.4, 0.5) is 4.79 Å². The van der Waals surface area contributed by atoms with Gasteiger partial charge < -0.3 is 10.2 Å². The highest BCUT2D eigenvalue weighted by Crippen LogP contribution is 2.17. The van der Waals surface area contributed by atoms with Crippen molar-refractivity contribution in [2.45, 2.75) is 46.3 Å². The fraction of sp³-hybridized carbons (Fsp3) is 0.350. The first-order valence-electron chi connectivity index (χ1n) is 9.00. The number of amides is 2. The Labute approximate surface area is 163 Å². The van der Waals surface area contributed by atoms with Gasteiger partial charge in [-0.15, -0.1) is 11.3 Å². The molecular formula is C20H25N5OS. The van der Waals surface area contributed by atoms with Gasteiger partial charge in [0.05, 0.1) is 23.4 Å². The number of H-pyrrole nitrogens is 1. The quantitative estimate of drug-likeness (QED) is 0.651. The highest BCUT2D eigenvalue weighted by molar-refractivity contribution is 7.09. The Bertz CT molecular complexity index is 873. The predicted molar refractivity (Wildman–Crippen MR) is 108 cm³/mol. The lowest BCUT2D eigenvalue weighted by atomic mass is 10.2. The molecule has 0 radical (unpaired) electrons. The number of nitrogens with one attached hydrogen (secondary N) is 2. The Kier molecular flexibility index (Phi) is 6.24. The van der Waals surface area contributed by atoms with E-state index in [2.05, 4.69) is 20.5 Å². The van der Waals surface area contributed by atoms with Crippen LogP contribution in [-0.4, -0.2) is 32.2 Å². The Morgan fingerprint density at radius 3 is 2.67 bits per heavy atom. The van der Waals surface area contributed by atoms with Crippen LogP contribution < -0.4 is 5.32 Å². The number of benzene rings is 1. The van der Waals surface area contributed by atoms with Crippen molar-refractivity contribution < 1.29 is 4.79 Å². The topological polar surface area (TPSA) is 73.9 Å². The number of nitrogens with zero attached hydrogens (tertiary/aromatic N) is 3. The first kappa shape index (κ1) is 19.1. The van der Waals surface area contributed by atoms with Gasteiger partial charge in [-0.05, 0) is 32.4 Å². The van der Waals surface area contributed by atoms with Crippen molar-refractivity contribution in [2.24, 2.45) is 0 Å². The van der Waals surface area contributed by atoms with Gasteiger partial charge in [-0.1, -0.05) is 30.3 Å². The summed E-state index contributed by atoms with van der Waals surface area (Å²) in [6.45, 7) is 7.05. The number of urea groups is 1. The number of aromatic amines is 1. The number of hydrogen-bond donors (Lipinski definition) is 2. The van der Waals surface area contributed by atoms with E-state index < -0.39 is 0 Å². The van der Waals surface area contributed by atoms with E-state index in [-0.39, 0.29) is 12.1 Å². The fourth-order valence-electron chi connectivity index (χ4n) is 2.90. The lowest BCUT2D eigenvalue weighted by molar-refractivity contribution is 0.189. The molecule has 7 heteroatoms. The molecule has 1 aromatic carbocycles. The summed E-state index contributed by atoms with van der Waals surface area (Å²) >= 11 is 1.58. The number of rotatable bonds is 7. The average molecular weight is 384 g/mol. The van der Waals surface area contributed by atoms with Crippen molar-refractivity contribution in [1.82, 2.24) is 25.4 Å². The molecule has 2 N–H and O–H groups in total. The summed E-state index contributed by atoms with van der Waals surface area (Å²) in [7, 11) is 0. The van der Waals surface area contributed by atoms with Crippen molar-refractivity contribution in [1.29, 1.82) is 0 Å². The molecule has 0 fully saturated rings. The summed E-state index contributed by atoms with van der Waals surface area (Å²) in [6.07, 6.45) is 0.689. The minimum absolute atomic E-state index is 0.0129. The van der Waals surface area contributed by atoms with E-state index in [4.69, 9.17) is 0 Å². The molecule has 0 saturated carbocycles. The van der Waals surface area contributed by atoms with Gasteiger partial charge in [0.2, 0.25) is 0 Å². The standard InChI is InChI=1S/C20H25N5OS/c1-14(9-18-10-15(2)23-24-18)22-20(26)25(11-17-7-5-4-6-8-17)12-19-16(3)21-13-27-19/h4-8,10,13-14H,9,11-12H2,1-3H3,(H,22,26)(H,23,24)/t14-/m1/s1. The van der Waals surface area contributed by atoms with E-state index >= 15 is 0 Å². The summed E-state index contributed by atoms with van der Waals surface area (Å²) in [5.74, 6) is 0. The smallest absolute Gasteiger partial charge is 0.318 e. The van der Waals surface area contributed by atoms with Crippen molar-refractivity contribution >= 4 is 17.4 Å². The van der Waals surface area contributed by atoms with Crippen molar-refractivity contribution in [3.63, 3.8) is 0 Å². The van der Waals surface area contributed by atoms with Gasteiger partial charge in [0.25, 0.3) is 0 Å². The molecule has 3 aromatic rings. The maximum atomic E-state index is 13.0. The van der Waals surface area contributed by atoms with Crippen molar-refractivity contribution in [2.75, 3.05) is 0 Å². The van der Waals surface area contributed by atoms with Crippen LogP contribution >= 0.6 is 11.3 Å². The molecule has 2 amide bonds. The van der Waals surface area contributed by atoms with Crippen LogP contribution in [0.5, 0.6) is 0 Å². The molecule has 0 aliphatic heterocycles. The van der Waals surface area contributed by atoms with E-state index in [1.54, 1.807) is 11.3 Å². The van der Waals surface area contributed by atoms with Gasteiger partial charge in [0.15, 0.2) is 0 Å². The number of carbonyl (C=O) groups excluding carboxylic acids is 1. The second-order valence-corrected chi connectivity index (χ2v) is 7.74. The minimum Gasteiger partial charge on any atom is -0.335 e. The molecule has 0 saturated heterocycles. The zero-order chi connectivity index (χ0) is 19.2. The van der Waals surface area contributed by atoms with E-state index in [0.717, 1.165) is 27.5 Å². The molecule has 0 bridgehead atoms. The third-order valence-electron chi connectivity index (χ3n) is 4.33. The van der Waals surface area contributed by atoms with E-state index in [9.17, 15) is 4.79 Å². The fourth-order valence-corrected chi connectivity index (χ4v) is 3.69. The van der Waals surface area contributed by atoms with Crippen LogP contribution in [0.3, 0.4) is 0 Å². The van der Waals surface area contributed by atoms with Crippen molar-refractivity contribution in [3.8, 4) is 0 Å². The van der Waals surface area contributed by atoms with E-state index in [0.29, 0.717) is 19.5 Å². The van der Waals surface area contributed by atoms with Crippen LogP contribution in [-0.2, 0) is 19.5 Å². The van der Waals surface area contributed by atoms with Crippen LogP contribution in [0, 0.1) is 13.8 Å². The van der Waals surface area contributed by atoms with Gasteiger partial charge in [-0.3, -0.25) is 5.10 Å². The molecule has 3 rings (SSSR count). The first-order valence-corrected chi connectivity index (χ1v) is 9.88. The van der Waals surface area contributed by atoms with Gasteiger partial charge in [0, 0.05) is 29.6 Å². The van der Waals surface area contributed by atoms with Gasteiger partial charge >= 0.3 is 6.03 Å². The predicted octanol–water partition coefficient (Wildman–Crippen LogP) is 3.83. The van der Waals surface area contributed by atoms with Crippen LogP contribution in [0.2, 0.25) is 0 Å². The zero-order valence-corrected chi connectivity index (χ0v) is 16.7. The lowest BCUT2D eigenvalue weighted by Crippen LogP contribution is -2.44. The summed E-state index contributed by atoms with van der Waals surface area (Å²) in [6, 6.07) is 12.0. The normalized spacial score (nSPS) is 12.0. The molecule has 0 aliphatic carbocycles. The molecular weight excluding hydrogens is 358 g/mol. The lowest BCUT2D eigenvalue weighted by Gasteiger charge is -2.25. The first-order chi connectivity index (χ1) is 13.0. The molecule has 2 aromatic heterocycles.